The Balaban J connectivity index is 0.00000264. The Morgan fingerprint density at radius 3 is 2.30 bits per heavy atom. The van der Waals surface area contributed by atoms with E-state index in [-0.39, 0.29) is 24.4 Å². The lowest BCUT2D eigenvalue weighted by molar-refractivity contribution is -0.123. The molecule has 0 radical (unpaired) electrons. The van der Waals surface area contributed by atoms with Gasteiger partial charge in [-0.25, -0.2) is 0 Å². The normalized spacial score (nSPS) is 16.9. The molecule has 1 saturated heterocycles. The monoisotopic (exact) mass is 344 g/mol. The highest BCUT2D eigenvalue weighted by Gasteiger charge is 2.20. The van der Waals surface area contributed by atoms with Gasteiger partial charge in [0, 0.05) is 6.54 Å². The fourth-order valence-electron chi connectivity index (χ4n) is 2.63. The molecule has 1 aliphatic rings. The number of nitrogens with one attached hydrogen (secondary N) is 2. The maximum Gasteiger partial charge on any atom is 0.237 e. The van der Waals surface area contributed by atoms with E-state index >= 15 is 0 Å². The van der Waals surface area contributed by atoms with Crippen molar-refractivity contribution < 1.29 is 19.0 Å². The Morgan fingerprint density at radius 2 is 1.83 bits per heavy atom. The van der Waals surface area contributed by atoms with Gasteiger partial charge in [-0.1, -0.05) is 6.42 Å². The molecule has 0 unspecified atom stereocenters. The van der Waals surface area contributed by atoms with Crippen molar-refractivity contribution in [2.24, 2.45) is 0 Å². The Kier molecular flexibility index (Phi) is 7.98. The number of methoxy groups -OCH3 is 3. The quantitative estimate of drug-likeness (QED) is 0.824. The minimum absolute atomic E-state index is 0. The lowest BCUT2D eigenvalue weighted by Crippen LogP contribution is -2.46. The van der Waals surface area contributed by atoms with Crippen LogP contribution < -0.4 is 24.8 Å². The van der Waals surface area contributed by atoms with Crippen LogP contribution in [0.15, 0.2) is 12.1 Å². The smallest absolute Gasteiger partial charge is 0.237 e. The van der Waals surface area contributed by atoms with Gasteiger partial charge in [0.25, 0.3) is 0 Å². The number of carbonyl (C=O) groups is 1. The van der Waals surface area contributed by atoms with Gasteiger partial charge < -0.3 is 24.8 Å². The van der Waals surface area contributed by atoms with Crippen LogP contribution in [0.1, 0.15) is 24.8 Å². The first-order chi connectivity index (χ1) is 10.7. The highest BCUT2D eigenvalue weighted by molar-refractivity contribution is 5.85. The lowest BCUT2D eigenvalue weighted by Gasteiger charge is -2.22. The molecule has 1 fully saturated rings. The minimum atomic E-state index is -0.0872. The number of amides is 1. The average Bonchev–Trinajstić information content (AvgIpc) is 2.59. The summed E-state index contributed by atoms with van der Waals surface area (Å²) in [5, 5.41) is 6.19. The Bertz CT molecular complexity index is 494. The summed E-state index contributed by atoms with van der Waals surface area (Å²) in [6.07, 6.45) is 3.12. The Hall–Kier alpha value is -1.66. The highest BCUT2D eigenvalue weighted by atomic mass is 35.5. The molecular formula is C16H25ClN2O4. The van der Waals surface area contributed by atoms with Crippen LogP contribution in [-0.2, 0) is 11.3 Å². The molecule has 2 rings (SSSR count). The molecule has 2 N–H and O–H groups in total. The first kappa shape index (κ1) is 19.4. The standard InChI is InChI=1S/C16H24N2O4.ClH/c1-20-13-8-11(9-14(21-2)15(13)22-3)10-18-16(19)12-6-4-5-7-17-12;/h8-9,12,17H,4-7,10H2,1-3H3,(H,18,19);1H/t12-;/m0./s1. The third kappa shape index (κ3) is 4.91. The van der Waals surface area contributed by atoms with Crippen molar-refractivity contribution in [2.75, 3.05) is 27.9 Å². The molecule has 1 aromatic rings. The van der Waals surface area contributed by atoms with E-state index in [0.717, 1.165) is 31.4 Å². The summed E-state index contributed by atoms with van der Waals surface area (Å²) in [7, 11) is 4.72. The molecule has 6 nitrogen and oxygen atoms in total. The van der Waals surface area contributed by atoms with Crippen molar-refractivity contribution in [3.05, 3.63) is 17.7 Å². The summed E-state index contributed by atoms with van der Waals surface area (Å²) in [5.74, 6) is 1.76. The summed E-state index contributed by atoms with van der Waals surface area (Å²) in [6, 6.07) is 3.60. The second-order valence-corrected chi connectivity index (χ2v) is 5.25. The second-order valence-electron chi connectivity index (χ2n) is 5.25. The van der Waals surface area contributed by atoms with E-state index in [1.54, 1.807) is 21.3 Å². The third-order valence-electron chi connectivity index (χ3n) is 3.82. The summed E-state index contributed by atoms with van der Waals surface area (Å²) >= 11 is 0. The molecule has 130 valence electrons. The van der Waals surface area contributed by atoms with Crippen LogP contribution in [0, 0.1) is 0 Å². The largest absolute Gasteiger partial charge is 0.493 e. The molecule has 23 heavy (non-hydrogen) atoms. The van der Waals surface area contributed by atoms with E-state index in [2.05, 4.69) is 10.6 Å². The Labute approximate surface area is 143 Å². The first-order valence-electron chi connectivity index (χ1n) is 7.49. The van der Waals surface area contributed by atoms with Crippen LogP contribution in [0.3, 0.4) is 0 Å². The number of hydrogen-bond donors (Lipinski definition) is 2. The second kappa shape index (κ2) is 9.47. The molecule has 1 atom stereocenters. The number of benzene rings is 1. The maximum absolute atomic E-state index is 12.1. The third-order valence-corrected chi connectivity index (χ3v) is 3.82. The molecular weight excluding hydrogens is 320 g/mol. The van der Waals surface area contributed by atoms with E-state index in [0.29, 0.717) is 23.8 Å². The summed E-state index contributed by atoms with van der Waals surface area (Å²) in [6.45, 7) is 1.33. The molecule has 0 saturated carbocycles. The van der Waals surface area contributed by atoms with Crippen molar-refractivity contribution in [1.29, 1.82) is 0 Å². The molecule has 0 spiro atoms. The van der Waals surface area contributed by atoms with Crippen molar-refractivity contribution in [2.45, 2.75) is 31.8 Å². The highest BCUT2D eigenvalue weighted by Crippen LogP contribution is 2.38. The van der Waals surface area contributed by atoms with Gasteiger partial charge >= 0.3 is 0 Å². The SMILES string of the molecule is COc1cc(CNC(=O)[C@@H]2CCCCN2)cc(OC)c1OC.Cl. The van der Waals surface area contributed by atoms with Crippen LogP contribution in [0.4, 0.5) is 0 Å². The molecule has 1 aromatic carbocycles. The van der Waals surface area contributed by atoms with Crippen molar-refractivity contribution in [3.8, 4) is 17.2 Å². The average molecular weight is 345 g/mol. The zero-order valence-corrected chi connectivity index (χ0v) is 14.6. The van der Waals surface area contributed by atoms with Crippen LogP contribution in [0.25, 0.3) is 0 Å². The van der Waals surface area contributed by atoms with Gasteiger partial charge in [-0.2, -0.15) is 0 Å². The van der Waals surface area contributed by atoms with E-state index in [1.807, 2.05) is 12.1 Å². The van der Waals surface area contributed by atoms with E-state index in [9.17, 15) is 4.79 Å². The van der Waals surface area contributed by atoms with Gasteiger partial charge in [0.05, 0.1) is 27.4 Å². The molecule has 0 aliphatic carbocycles. The van der Waals surface area contributed by atoms with Gasteiger partial charge in [0.1, 0.15) is 0 Å². The van der Waals surface area contributed by atoms with E-state index < -0.39 is 0 Å². The van der Waals surface area contributed by atoms with Crippen molar-refractivity contribution >= 4 is 18.3 Å². The molecule has 1 heterocycles. The molecule has 1 amide bonds. The zero-order chi connectivity index (χ0) is 15.9. The Morgan fingerprint density at radius 1 is 1.17 bits per heavy atom. The van der Waals surface area contributed by atoms with Gasteiger partial charge in [-0.05, 0) is 37.1 Å². The fraction of sp³-hybridized carbons (Fsp3) is 0.562. The predicted molar refractivity (Wildman–Crippen MR) is 90.8 cm³/mol. The van der Waals surface area contributed by atoms with Gasteiger partial charge in [-0.3, -0.25) is 4.79 Å². The number of ether oxygens (including phenoxy) is 3. The van der Waals surface area contributed by atoms with Gasteiger partial charge in [0.15, 0.2) is 11.5 Å². The zero-order valence-electron chi connectivity index (χ0n) is 13.8. The molecule has 0 bridgehead atoms. The van der Waals surface area contributed by atoms with Gasteiger partial charge in [0.2, 0.25) is 11.7 Å². The minimum Gasteiger partial charge on any atom is -0.493 e. The maximum atomic E-state index is 12.1. The van der Waals surface area contributed by atoms with Gasteiger partial charge in [-0.15, -0.1) is 12.4 Å². The number of hydrogen-bond acceptors (Lipinski definition) is 5. The number of piperidine rings is 1. The van der Waals surface area contributed by atoms with Crippen LogP contribution in [0.2, 0.25) is 0 Å². The molecule has 0 aromatic heterocycles. The van der Waals surface area contributed by atoms with Crippen LogP contribution in [-0.4, -0.2) is 39.8 Å². The lowest BCUT2D eigenvalue weighted by atomic mass is 10.0. The molecule has 7 heteroatoms. The van der Waals surface area contributed by atoms with E-state index in [1.165, 1.54) is 0 Å². The van der Waals surface area contributed by atoms with E-state index in [4.69, 9.17) is 14.2 Å². The van der Waals surface area contributed by atoms with Crippen molar-refractivity contribution in [1.82, 2.24) is 10.6 Å². The number of rotatable bonds is 6. The van der Waals surface area contributed by atoms with Crippen molar-refractivity contribution in [3.63, 3.8) is 0 Å². The number of carbonyl (C=O) groups excluding carboxylic acids is 1. The summed E-state index contributed by atoms with van der Waals surface area (Å²) < 4.78 is 15.9. The number of halogens is 1. The summed E-state index contributed by atoms with van der Waals surface area (Å²) in [5.41, 5.74) is 0.902. The first-order valence-corrected chi connectivity index (χ1v) is 7.49. The molecule has 1 aliphatic heterocycles. The van der Waals surface area contributed by atoms with Crippen LogP contribution in [0.5, 0.6) is 17.2 Å². The topological polar surface area (TPSA) is 68.8 Å². The summed E-state index contributed by atoms with van der Waals surface area (Å²) in [4.78, 5) is 12.1. The predicted octanol–water partition coefficient (Wildman–Crippen LogP) is 1.89. The van der Waals surface area contributed by atoms with Crippen LogP contribution >= 0.6 is 12.4 Å². The fourth-order valence-corrected chi connectivity index (χ4v) is 2.63.